The van der Waals surface area contributed by atoms with Crippen LogP contribution in [0.1, 0.15) is 39.2 Å². The first-order valence-electron chi connectivity index (χ1n) is 6.74. The number of halogens is 1. The third-order valence-electron chi connectivity index (χ3n) is 2.65. The number of nitrogens with one attached hydrogen (secondary N) is 1. The fraction of sp³-hybridized carbons (Fsp3) is 0.600. The lowest BCUT2D eigenvalue weighted by atomic mass is 10.2. The minimum Gasteiger partial charge on any atom is -0.313 e. The van der Waals surface area contributed by atoms with E-state index in [9.17, 15) is 4.39 Å². The molecular formula is C15H24FNS. The molecule has 0 heterocycles. The van der Waals surface area contributed by atoms with Crippen molar-refractivity contribution in [2.24, 2.45) is 5.92 Å². The van der Waals surface area contributed by atoms with Gasteiger partial charge in [0.1, 0.15) is 5.82 Å². The summed E-state index contributed by atoms with van der Waals surface area (Å²) in [4.78, 5) is 1.05. The molecule has 0 amide bonds. The maximum atomic E-state index is 13.5. The molecule has 0 aliphatic rings. The Labute approximate surface area is 115 Å². The molecule has 1 aromatic rings. The third kappa shape index (κ3) is 6.41. The second kappa shape index (κ2) is 8.54. The van der Waals surface area contributed by atoms with Crippen molar-refractivity contribution in [3.8, 4) is 0 Å². The van der Waals surface area contributed by atoms with Crippen molar-refractivity contribution >= 4 is 11.8 Å². The van der Waals surface area contributed by atoms with Gasteiger partial charge in [0.25, 0.3) is 0 Å². The molecule has 18 heavy (non-hydrogen) atoms. The summed E-state index contributed by atoms with van der Waals surface area (Å²) in [5, 5.41) is 3.30. The van der Waals surface area contributed by atoms with Gasteiger partial charge in [0.15, 0.2) is 0 Å². The molecule has 0 bridgehead atoms. The highest BCUT2D eigenvalue weighted by Gasteiger charge is 2.02. The lowest BCUT2D eigenvalue weighted by molar-refractivity contribution is 0.614. The summed E-state index contributed by atoms with van der Waals surface area (Å²) in [6.45, 7) is 8.29. The molecule has 1 nitrogen and oxygen atoms in total. The highest BCUT2D eigenvalue weighted by Crippen LogP contribution is 2.23. The summed E-state index contributed by atoms with van der Waals surface area (Å²) >= 11 is 1.75. The van der Waals surface area contributed by atoms with Crippen molar-refractivity contribution < 1.29 is 4.39 Å². The fourth-order valence-electron chi connectivity index (χ4n) is 1.63. The van der Waals surface area contributed by atoms with E-state index in [2.05, 4.69) is 32.2 Å². The van der Waals surface area contributed by atoms with Crippen molar-refractivity contribution in [2.45, 2.75) is 45.1 Å². The zero-order valence-electron chi connectivity index (χ0n) is 11.6. The van der Waals surface area contributed by atoms with E-state index in [1.807, 2.05) is 0 Å². The molecule has 0 aliphatic heterocycles. The Morgan fingerprint density at radius 3 is 2.72 bits per heavy atom. The van der Waals surface area contributed by atoms with Gasteiger partial charge in [-0.05, 0) is 54.8 Å². The Kier molecular flexibility index (Phi) is 7.36. The van der Waals surface area contributed by atoms with Crippen molar-refractivity contribution in [2.75, 3.05) is 12.3 Å². The predicted octanol–water partition coefficient (Wildman–Crippen LogP) is 4.46. The Balaban J connectivity index is 2.51. The van der Waals surface area contributed by atoms with E-state index in [0.29, 0.717) is 5.92 Å². The van der Waals surface area contributed by atoms with Crippen LogP contribution < -0.4 is 5.32 Å². The van der Waals surface area contributed by atoms with Gasteiger partial charge in [0.2, 0.25) is 0 Å². The average Bonchev–Trinajstić information content (AvgIpc) is 2.28. The minimum atomic E-state index is -0.127. The molecule has 0 radical (unpaired) electrons. The fourth-order valence-corrected chi connectivity index (χ4v) is 2.88. The van der Waals surface area contributed by atoms with Crippen molar-refractivity contribution in [1.82, 2.24) is 5.32 Å². The van der Waals surface area contributed by atoms with Crippen LogP contribution >= 0.6 is 11.8 Å². The smallest absolute Gasteiger partial charge is 0.124 e. The predicted molar refractivity (Wildman–Crippen MR) is 78.6 cm³/mol. The Morgan fingerprint density at radius 2 is 2.06 bits per heavy atom. The van der Waals surface area contributed by atoms with E-state index in [1.165, 1.54) is 6.42 Å². The highest BCUT2D eigenvalue weighted by molar-refractivity contribution is 7.99. The maximum absolute atomic E-state index is 13.5. The number of benzene rings is 1. The summed E-state index contributed by atoms with van der Waals surface area (Å²) in [7, 11) is 0. The topological polar surface area (TPSA) is 12.0 Å². The monoisotopic (exact) mass is 269 g/mol. The standard InChI is InChI=1S/C15H24FNS/c1-4-6-17-11-13-8-14(16)10-15(9-13)18-7-5-12(2)3/h8-10,12,17H,4-7,11H2,1-3H3. The first kappa shape index (κ1) is 15.5. The quantitative estimate of drug-likeness (QED) is 0.552. The lowest BCUT2D eigenvalue weighted by Gasteiger charge is -2.08. The van der Waals surface area contributed by atoms with Crippen LogP contribution in [0.2, 0.25) is 0 Å². The van der Waals surface area contributed by atoms with Gasteiger partial charge in [-0.1, -0.05) is 20.8 Å². The normalized spacial score (nSPS) is 11.2. The van der Waals surface area contributed by atoms with E-state index in [0.717, 1.165) is 35.7 Å². The molecule has 0 saturated carbocycles. The minimum absolute atomic E-state index is 0.127. The zero-order valence-corrected chi connectivity index (χ0v) is 12.4. The van der Waals surface area contributed by atoms with E-state index in [1.54, 1.807) is 23.9 Å². The van der Waals surface area contributed by atoms with Crippen LogP contribution in [0.5, 0.6) is 0 Å². The SMILES string of the molecule is CCCNCc1cc(F)cc(SCCC(C)C)c1. The molecule has 1 aromatic carbocycles. The van der Waals surface area contributed by atoms with Crippen LogP contribution in [0.25, 0.3) is 0 Å². The van der Waals surface area contributed by atoms with Crippen LogP contribution in [0.4, 0.5) is 4.39 Å². The second-order valence-corrected chi connectivity index (χ2v) is 6.17. The highest BCUT2D eigenvalue weighted by atomic mass is 32.2. The molecule has 0 unspecified atom stereocenters. The molecule has 0 saturated heterocycles. The summed E-state index contributed by atoms with van der Waals surface area (Å²) in [5.41, 5.74) is 1.04. The second-order valence-electron chi connectivity index (χ2n) is 5.00. The van der Waals surface area contributed by atoms with Crippen LogP contribution in [0.3, 0.4) is 0 Å². The van der Waals surface area contributed by atoms with Crippen molar-refractivity contribution in [1.29, 1.82) is 0 Å². The molecule has 3 heteroatoms. The maximum Gasteiger partial charge on any atom is 0.124 e. The molecular weight excluding hydrogens is 245 g/mol. The van der Waals surface area contributed by atoms with Gasteiger partial charge in [-0.3, -0.25) is 0 Å². The number of thioether (sulfide) groups is 1. The van der Waals surface area contributed by atoms with E-state index < -0.39 is 0 Å². The number of hydrogen-bond donors (Lipinski definition) is 1. The van der Waals surface area contributed by atoms with Crippen LogP contribution in [-0.4, -0.2) is 12.3 Å². The van der Waals surface area contributed by atoms with Gasteiger partial charge in [0.05, 0.1) is 0 Å². The Hall–Kier alpha value is -0.540. The molecule has 0 fully saturated rings. The molecule has 1 N–H and O–H groups in total. The summed E-state index contributed by atoms with van der Waals surface area (Å²) in [6, 6.07) is 5.35. The number of hydrogen-bond acceptors (Lipinski definition) is 2. The van der Waals surface area contributed by atoms with E-state index >= 15 is 0 Å². The van der Waals surface area contributed by atoms with Gasteiger partial charge in [-0.25, -0.2) is 4.39 Å². The Bertz CT molecular complexity index is 352. The van der Waals surface area contributed by atoms with Gasteiger partial charge >= 0.3 is 0 Å². The summed E-state index contributed by atoms with van der Waals surface area (Å²) in [5.74, 6) is 1.64. The molecule has 0 spiro atoms. The molecule has 0 aromatic heterocycles. The number of rotatable bonds is 8. The molecule has 0 aliphatic carbocycles. The van der Waals surface area contributed by atoms with Crippen molar-refractivity contribution in [3.63, 3.8) is 0 Å². The van der Waals surface area contributed by atoms with Gasteiger partial charge < -0.3 is 5.32 Å². The average molecular weight is 269 g/mol. The van der Waals surface area contributed by atoms with E-state index in [-0.39, 0.29) is 5.82 Å². The van der Waals surface area contributed by atoms with Gasteiger partial charge in [0, 0.05) is 11.4 Å². The summed E-state index contributed by atoms with van der Waals surface area (Å²) in [6.07, 6.45) is 2.27. The first-order valence-corrected chi connectivity index (χ1v) is 7.73. The molecule has 0 atom stereocenters. The van der Waals surface area contributed by atoms with Gasteiger partial charge in [-0.15, -0.1) is 11.8 Å². The van der Waals surface area contributed by atoms with Crippen LogP contribution in [0.15, 0.2) is 23.1 Å². The first-order chi connectivity index (χ1) is 8.61. The Morgan fingerprint density at radius 1 is 1.28 bits per heavy atom. The van der Waals surface area contributed by atoms with Crippen molar-refractivity contribution in [3.05, 3.63) is 29.6 Å². The summed E-state index contributed by atoms with van der Waals surface area (Å²) < 4.78 is 13.5. The van der Waals surface area contributed by atoms with E-state index in [4.69, 9.17) is 0 Å². The van der Waals surface area contributed by atoms with Gasteiger partial charge in [-0.2, -0.15) is 0 Å². The lowest BCUT2D eigenvalue weighted by Crippen LogP contribution is -2.13. The third-order valence-corrected chi connectivity index (χ3v) is 3.66. The largest absolute Gasteiger partial charge is 0.313 e. The molecule has 102 valence electrons. The zero-order chi connectivity index (χ0) is 13.4. The molecule has 1 rings (SSSR count). The van der Waals surface area contributed by atoms with Crippen LogP contribution in [-0.2, 0) is 6.54 Å². The van der Waals surface area contributed by atoms with Crippen LogP contribution in [0, 0.1) is 11.7 Å².